The second-order valence-corrected chi connectivity index (χ2v) is 10.2. The van der Waals surface area contributed by atoms with Crippen molar-refractivity contribution in [2.75, 3.05) is 18.0 Å². The fourth-order valence-corrected chi connectivity index (χ4v) is 6.55. The van der Waals surface area contributed by atoms with Gasteiger partial charge < -0.3 is 9.47 Å². The first kappa shape index (κ1) is 19.7. The lowest BCUT2D eigenvalue weighted by Crippen LogP contribution is -2.32. The molecule has 4 heterocycles. The second kappa shape index (κ2) is 7.77. The molecule has 1 aromatic carbocycles. The van der Waals surface area contributed by atoms with Gasteiger partial charge in [0, 0.05) is 38.2 Å². The van der Waals surface area contributed by atoms with Crippen LogP contribution in [-0.4, -0.2) is 46.5 Å². The quantitative estimate of drug-likeness (QED) is 0.746. The number of hydrogen-bond acceptors (Lipinski definition) is 5. The van der Waals surface area contributed by atoms with E-state index in [4.69, 9.17) is 0 Å². The predicted molar refractivity (Wildman–Crippen MR) is 111 cm³/mol. The summed E-state index contributed by atoms with van der Waals surface area (Å²) in [6.07, 6.45) is 7.23. The molecule has 0 aliphatic carbocycles. The molecule has 3 aliphatic heterocycles. The monoisotopic (exact) mass is 429 g/mol. The van der Waals surface area contributed by atoms with Gasteiger partial charge in [-0.2, -0.15) is 4.31 Å². The van der Waals surface area contributed by atoms with Gasteiger partial charge in [-0.05, 0) is 56.4 Å². The normalized spacial score (nSPS) is 23.0. The number of hydrogen-bond donors (Lipinski definition) is 0. The summed E-state index contributed by atoms with van der Waals surface area (Å²) in [4.78, 5) is 14.0. The Bertz CT molecular complexity index is 1050. The smallest absolute Gasteiger partial charge is 0.243 e. The molecule has 1 unspecified atom stereocenters. The Kier molecular flexibility index (Phi) is 5.10. The SMILES string of the molecule is O=C1CCCN1c1ccc(S(=O)(=O)N2CCCC2c2nnc3n2CCCCC3)cc1. The molecule has 1 amide bonds. The van der Waals surface area contributed by atoms with Crippen LogP contribution < -0.4 is 4.90 Å². The van der Waals surface area contributed by atoms with E-state index in [1.807, 2.05) is 0 Å². The second-order valence-electron chi connectivity index (χ2n) is 8.35. The van der Waals surface area contributed by atoms with Crippen LogP contribution in [0.1, 0.15) is 62.6 Å². The van der Waals surface area contributed by atoms with Gasteiger partial charge in [-0.15, -0.1) is 10.2 Å². The van der Waals surface area contributed by atoms with Gasteiger partial charge in [0.25, 0.3) is 0 Å². The number of sulfonamides is 1. The first-order chi connectivity index (χ1) is 14.6. The highest BCUT2D eigenvalue weighted by molar-refractivity contribution is 7.89. The van der Waals surface area contributed by atoms with Crippen LogP contribution in [-0.2, 0) is 27.8 Å². The zero-order valence-electron chi connectivity index (χ0n) is 17.0. The minimum atomic E-state index is -3.65. The third kappa shape index (κ3) is 3.33. The molecule has 0 spiro atoms. The standard InChI is InChI=1S/C21H27N5O3S/c27-20-8-5-14-24(20)16-9-11-17(12-10-16)30(28,29)26-15-4-6-18(26)21-23-22-19-7-2-1-3-13-25(19)21/h9-12,18H,1-8,13-15H2. The predicted octanol–water partition coefficient (Wildman–Crippen LogP) is 2.66. The Hall–Kier alpha value is -2.26. The fraction of sp³-hybridized carbons (Fsp3) is 0.571. The van der Waals surface area contributed by atoms with Gasteiger partial charge in [0.15, 0.2) is 5.82 Å². The zero-order chi connectivity index (χ0) is 20.7. The van der Waals surface area contributed by atoms with Gasteiger partial charge in [-0.3, -0.25) is 4.79 Å². The van der Waals surface area contributed by atoms with Crippen LogP contribution in [0.3, 0.4) is 0 Å². The Morgan fingerprint density at radius 1 is 0.867 bits per heavy atom. The number of benzene rings is 1. The maximum Gasteiger partial charge on any atom is 0.243 e. The van der Waals surface area contributed by atoms with E-state index in [0.29, 0.717) is 19.5 Å². The maximum atomic E-state index is 13.5. The van der Waals surface area contributed by atoms with Gasteiger partial charge in [-0.25, -0.2) is 8.42 Å². The highest BCUT2D eigenvalue weighted by atomic mass is 32.2. The number of rotatable bonds is 4. The Morgan fingerprint density at radius 2 is 1.70 bits per heavy atom. The molecule has 8 nitrogen and oxygen atoms in total. The average molecular weight is 430 g/mol. The molecular formula is C21H27N5O3S. The van der Waals surface area contributed by atoms with Crippen LogP contribution in [0.4, 0.5) is 5.69 Å². The van der Waals surface area contributed by atoms with Crippen molar-refractivity contribution in [1.29, 1.82) is 0 Å². The Labute approximate surface area is 176 Å². The van der Waals surface area contributed by atoms with Gasteiger partial charge >= 0.3 is 0 Å². The van der Waals surface area contributed by atoms with Crippen LogP contribution in [0.2, 0.25) is 0 Å². The van der Waals surface area contributed by atoms with Crippen molar-refractivity contribution in [1.82, 2.24) is 19.1 Å². The van der Waals surface area contributed by atoms with Crippen molar-refractivity contribution in [3.63, 3.8) is 0 Å². The number of carbonyl (C=O) groups excluding carboxylic acids is 1. The van der Waals surface area contributed by atoms with Crippen molar-refractivity contribution in [2.24, 2.45) is 0 Å². The summed E-state index contributed by atoms with van der Waals surface area (Å²) in [5.41, 5.74) is 0.761. The van der Waals surface area contributed by atoms with E-state index >= 15 is 0 Å². The summed E-state index contributed by atoms with van der Waals surface area (Å²) >= 11 is 0. The largest absolute Gasteiger partial charge is 0.314 e. The molecule has 1 aromatic heterocycles. The van der Waals surface area contributed by atoms with Gasteiger partial charge in [-0.1, -0.05) is 6.42 Å². The number of amides is 1. The van der Waals surface area contributed by atoms with E-state index in [9.17, 15) is 13.2 Å². The van der Waals surface area contributed by atoms with Crippen LogP contribution in [0.15, 0.2) is 29.2 Å². The van der Waals surface area contributed by atoms with E-state index in [0.717, 1.165) is 62.4 Å². The molecule has 30 heavy (non-hydrogen) atoms. The van der Waals surface area contributed by atoms with Crippen molar-refractivity contribution in [3.8, 4) is 0 Å². The summed E-state index contributed by atoms with van der Waals surface area (Å²) in [5, 5.41) is 8.78. The van der Waals surface area contributed by atoms with Gasteiger partial charge in [0.1, 0.15) is 5.82 Å². The minimum absolute atomic E-state index is 0.0951. The lowest BCUT2D eigenvalue weighted by Gasteiger charge is -2.24. The zero-order valence-corrected chi connectivity index (χ0v) is 17.9. The molecule has 0 bridgehead atoms. The highest BCUT2D eigenvalue weighted by Crippen LogP contribution is 2.37. The molecule has 2 aromatic rings. The molecule has 1 atom stereocenters. The third-order valence-corrected chi connectivity index (χ3v) is 8.39. The molecule has 0 saturated carbocycles. The molecule has 3 aliphatic rings. The Balaban J connectivity index is 1.42. The third-order valence-electron chi connectivity index (χ3n) is 6.47. The first-order valence-corrected chi connectivity index (χ1v) is 12.3. The summed E-state index contributed by atoms with van der Waals surface area (Å²) in [6.45, 7) is 2.04. The molecule has 5 rings (SSSR count). The topological polar surface area (TPSA) is 88.4 Å². The van der Waals surface area contributed by atoms with E-state index in [-0.39, 0.29) is 16.8 Å². The van der Waals surface area contributed by atoms with E-state index in [1.165, 1.54) is 6.42 Å². The van der Waals surface area contributed by atoms with Gasteiger partial charge in [0.2, 0.25) is 15.9 Å². The van der Waals surface area contributed by atoms with Crippen LogP contribution in [0.25, 0.3) is 0 Å². The molecular weight excluding hydrogens is 402 g/mol. The number of carbonyl (C=O) groups is 1. The summed E-state index contributed by atoms with van der Waals surface area (Å²) < 4.78 is 30.7. The van der Waals surface area contributed by atoms with E-state index < -0.39 is 10.0 Å². The number of anilines is 1. The number of aryl methyl sites for hydroxylation is 1. The summed E-state index contributed by atoms with van der Waals surface area (Å²) in [7, 11) is -3.65. The van der Waals surface area contributed by atoms with Crippen LogP contribution in [0.5, 0.6) is 0 Å². The maximum absolute atomic E-state index is 13.5. The van der Waals surface area contributed by atoms with Crippen molar-refractivity contribution in [2.45, 2.75) is 68.8 Å². The lowest BCUT2D eigenvalue weighted by molar-refractivity contribution is -0.117. The molecule has 2 fully saturated rings. The number of nitrogens with zero attached hydrogens (tertiary/aromatic N) is 5. The molecule has 0 radical (unpaired) electrons. The number of aromatic nitrogens is 3. The fourth-order valence-electron chi connectivity index (χ4n) is 4.89. The summed E-state index contributed by atoms with van der Waals surface area (Å²) in [5.74, 6) is 1.86. The lowest BCUT2D eigenvalue weighted by atomic mass is 10.2. The van der Waals surface area contributed by atoms with Crippen LogP contribution >= 0.6 is 0 Å². The van der Waals surface area contributed by atoms with Crippen molar-refractivity contribution < 1.29 is 13.2 Å². The van der Waals surface area contributed by atoms with Crippen molar-refractivity contribution in [3.05, 3.63) is 35.9 Å². The molecule has 0 N–H and O–H groups in total. The first-order valence-electron chi connectivity index (χ1n) is 10.9. The van der Waals surface area contributed by atoms with Crippen molar-refractivity contribution >= 4 is 21.6 Å². The average Bonchev–Trinajstić information content (AvgIpc) is 3.45. The van der Waals surface area contributed by atoms with E-state index in [2.05, 4.69) is 14.8 Å². The summed E-state index contributed by atoms with van der Waals surface area (Å²) in [6, 6.07) is 6.45. The molecule has 160 valence electrons. The van der Waals surface area contributed by atoms with E-state index in [1.54, 1.807) is 33.5 Å². The van der Waals surface area contributed by atoms with Gasteiger partial charge in [0.05, 0.1) is 10.9 Å². The molecule has 2 saturated heterocycles. The highest BCUT2D eigenvalue weighted by Gasteiger charge is 2.39. The number of fused-ring (bicyclic) bond motifs is 1. The van der Waals surface area contributed by atoms with Crippen LogP contribution in [0, 0.1) is 0 Å². The minimum Gasteiger partial charge on any atom is -0.314 e. The Morgan fingerprint density at radius 3 is 2.47 bits per heavy atom. The molecule has 9 heteroatoms.